The van der Waals surface area contributed by atoms with E-state index in [-0.39, 0.29) is 31.1 Å². The summed E-state index contributed by atoms with van der Waals surface area (Å²) in [5, 5.41) is 27.3. The second-order valence-corrected chi connectivity index (χ2v) is 5.58. The van der Waals surface area contributed by atoms with E-state index in [0.29, 0.717) is 17.2 Å². The van der Waals surface area contributed by atoms with E-state index in [0.717, 1.165) is 5.56 Å². The van der Waals surface area contributed by atoms with Gasteiger partial charge in [0.15, 0.2) is 11.5 Å². The summed E-state index contributed by atoms with van der Waals surface area (Å²) in [6.07, 6.45) is 0.0839. The Morgan fingerprint density at radius 2 is 1.74 bits per heavy atom. The summed E-state index contributed by atoms with van der Waals surface area (Å²) < 4.78 is 10.6. The van der Waals surface area contributed by atoms with E-state index in [4.69, 9.17) is 14.6 Å². The quantitative estimate of drug-likeness (QED) is 0.398. The zero-order chi connectivity index (χ0) is 19.6. The fourth-order valence-corrected chi connectivity index (χ4v) is 2.37. The molecule has 7 heteroatoms. The van der Waals surface area contributed by atoms with Gasteiger partial charge in [0.25, 0.3) is 0 Å². The highest BCUT2D eigenvalue weighted by atomic mass is 16.5. The van der Waals surface area contributed by atoms with Crippen LogP contribution in [0.25, 0.3) is 0 Å². The van der Waals surface area contributed by atoms with Gasteiger partial charge in [-0.15, -0.1) is 10.2 Å². The van der Waals surface area contributed by atoms with E-state index in [1.807, 2.05) is 12.1 Å². The predicted octanol–water partition coefficient (Wildman–Crippen LogP) is 3.75. The van der Waals surface area contributed by atoms with Crippen molar-refractivity contribution in [1.29, 1.82) is 0 Å². The van der Waals surface area contributed by atoms with Gasteiger partial charge in [-0.1, -0.05) is 30.3 Å². The molecule has 0 saturated heterocycles. The SMILES string of the molecule is COc1ccccc1CC(O)=C(N=Nc1ccccc1OCCO)C(C)=O. The van der Waals surface area contributed by atoms with Gasteiger partial charge < -0.3 is 19.7 Å². The molecule has 0 aliphatic rings. The average Bonchev–Trinajstić information content (AvgIpc) is 2.67. The van der Waals surface area contributed by atoms with Gasteiger partial charge in [0.2, 0.25) is 0 Å². The van der Waals surface area contributed by atoms with Crippen molar-refractivity contribution in [3.63, 3.8) is 0 Å². The van der Waals surface area contributed by atoms with Crippen LogP contribution in [0, 0.1) is 0 Å². The molecule has 2 aromatic rings. The van der Waals surface area contributed by atoms with Gasteiger partial charge in [-0.2, -0.15) is 0 Å². The first-order valence-electron chi connectivity index (χ1n) is 8.36. The number of ether oxygens (including phenoxy) is 2. The lowest BCUT2D eigenvalue weighted by molar-refractivity contribution is -0.113. The fourth-order valence-electron chi connectivity index (χ4n) is 2.37. The molecule has 0 aliphatic heterocycles. The van der Waals surface area contributed by atoms with Crippen LogP contribution in [0.2, 0.25) is 0 Å². The van der Waals surface area contributed by atoms with Gasteiger partial charge >= 0.3 is 0 Å². The molecular formula is C20H22N2O5. The van der Waals surface area contributed by atoms with Gasteiger partial charge in [0, 0.05) is 18.9 Å². The molecule has 0 aromatic heterocycles. The highest BCUT2D eigenvalue weighted by Gasteiger charge is 2.14. The summed E-state index contributed by atoms with van der Waals surface area (Å²) in [6, 6.07) is 14.0. The van der Waals surface area contributed by atoms with Crippen LogP contribution in [-0.2, 0) is 11.2 Å². The molecular weight excluding hydrogens is 348 g/mol. The Morgan fingerprint density at radius 3 is 2.41 bits per heavy atom. The van der Waals surface area contributed by atoms with Crippen molar-refractivity contribution in [3.8, 4) is 11.5 Å². The molecule has 0 bridgehead atoms. The van der Waals surface area contributed by atoms with Gasteiger partial charge in [-0.3, -0.25) is 4.79 Å². The summed E-state index contributed by atoms with van der Waals surface area (Å²) in [4.78, 5) is 11.9. The summed E-state index contributed by atoms with van der Waals surface area (Å²) >= 11 is 0. The minimum absolute atomic E-state index is 0.0839. The normalized spacial score (nSPS) is 12.0. The van der Waals surface area contributed by atoms with Crippen molar-refractivity contribution >= 4 is 11.5 Å². The zero-order valence-electron chi connectivity index (χ0n) is 15.3. The molecule has 0 radical (unpaired) electrons. The first kappa shape index (κ1) is 20.1. The molecule has 2 N–H and O–H groups in total. The Labute approximate surface area is 157 Å². The molecule has 0 spiro atoms. The minimum atomic E-state index is -0.417. The number of allylic oxidation sites excluding steroid dienone is 2. The zero-order valence-corrected chi connectivity index (χ0v) is 15.3. The number of Topliss-reactive ketones (excluding diaryl/α,β-unsaturated/α-hetero) is 1. The number of hydrogen-bond acceptors (Lipinski definition) is 7. The third kappa shape index (κ3) is 5.65. The molecule has 7 nitrogen and oxygen atoms in total. The second-order valence-electron chi connectivity index (χ2n) is 5.58. The molecule has 0 atom stereocenters. The number of carbonyl (C=O) groups is 1. The number of carbonyl (C=O) groups excluding carboxylic acids is 1. The molecule has 2 rings (SSSR count). The number of ketones is 1. The lowest BCUT2D eigenvalue weighted by atomic mass is 10.1. The highest BCUT2D eigenvalue weighted by molar-refractivity contribution is 5.93. The summed E-state index contributed by atoms with van der Waals surface area (Å²) in [5.74, 6) is 0.401. The van der Waals surface area contributed by atoms with E-state index in [2.05, 4.69) is 10.2 Å². The van der Waals surface area contributed by atoms with Crippen LogP contribution >= 0.6 is 0 Å². The number of benzene rings is 2. The molecule has 27 heavy (non-hydrogen) atoms. The van der Waals surface area contributed by atoms with Crippen molar-refractivity contribution in [3.05, 3.63) is 65.6 Å². The van der Waals surface area contributed by atoms with Crippen molar-refractivity contribution in [2.75, 3.05) is 20.3 Å². The van der Waals surface area contributed by atoms with Crippen LogP contribution in [0.5, 0.6) is 11.5 Å². The predicted molar refractivity (Wildman–Crippen MR) is 101 cm³/mol. The molecule has 0 unspecified atom stereocenters. The third-order valence-corrected chi connectivity index (χ3v) is 3.63. The topological polar surface area (TPSA) is 101 Å². The Bertz CT molecular complexity index is 846. The van der Waals surface area contributed by atoms with Crippen molar-refractivity contribution in [1.82, 2.24) is 0 Å². The first-order valence-corrected chi connectivity index (χ1v) is 8.36. The van der Waals surface area contributed by atoms with E-state index in [1.165, 1.54) is 14.0 Å². The van der Waals surface area contributed by atoms with Gasteiger partial charge in [0.05, 0.1) is 13.7 Å². The largest absolute Gasteiger partial charge is 0.509 e. The van der Waals surface area contributed by atoms with E-state index in [9.17, 15) is 9.90 Å². The molecule has 0 amide bonds. The molecule has 142 valence electrons. The number of hydrogen-bond donors (Lipinski definition) is 2. The lowest BCUT2D eigenvalue weighted by Crippen LogP contribution is -2.03. The lowest BCUT2D eigenvalue weighted by Gasteiger charge is -2.09. The Kier molecular flexibility index (Phi) is 7.51. The van der Waals surface area contributed by atoms with E-state index >= 15 is 0 Å². The van der Waals surface area contributed by atoms with Gasteiger partial charge in [-0.25, -0.2) is 0 Å². The third-order valence-electron chi connectivity index (χ3n) is 3.63. The maximum absolute atomic E-state index is 11.9. The molecule has 0 heterocycles. The summed E-state index contributed by atoms with van der Waals surface area (Å²) in [7, 11) is 1.54. The summed E-state index contributed by atoms with van der Waals surface area (Å²) in [6.45, 7) is 1.28. The van der Waals surface area contributed by atoms with E-state index < -0.39 is 5.78 Å². The molecule has 0 fully saturated rings. The van der Waals surface area contributed by atoms with Crippen molar-refractivity contribution in [2.45, 2.75) is 13.3 Å². The maximum Gasteiger partial charge on any atom is 0.183 e. The number of para-hydroxylation sites is 2. The minimum Gasteiger partial charge on any atom is -0.509 e. The number of methoxy groups -OCH3 is 1. The van der Waals surface area contributed by atoms with Gasteiger partial charge in [0.1, 0.15) is 29.6 Å². The average molecular weight is 370 g/mol. The van der Waals surface area contributed by atoms with Crippen molar-refractivity contribution < 1.29 is 24.5 Å². The monoisotopic (exact) mass is 370 g/mol. The van der Waals surface area contributed by atoms with Crippen LogP contribution in [-0.4, -0.2) is 36.3 Å². The van der Waals surface area contributed by atoms with Crippen molar-refractivity contribution in [2.24, 2.45) is 10.2 Å². The smallest absolute Gasteiger partial charge is 0.183 e. The van der Waals surface area contributed by atoms with Crippen LogP contribution in [0.3, 0.4) is 0 Å². The van der Waals surface area contributed by atoms with Crippen LogP contribution in [0.1, 0.15) is 12.5 Å². The summed E-state index contributed by atoms with van der Waals surface area (Å²) in [5.41, 5.74) is 0.964. The Balaban J connectivity index is 2.30. The first-order chi connectivity index (χ1) is 13.1. The van der Waals surface area contributed by atoms with E-state index in [1.54, 1.807) is 36.4 Å². The van der Waals surface area contributed by atoms with Gasteiger partial charge in [-0.05, 0) is 18.2 Å². The second kappa shape index (κ2) is 10.1. The number of aliphatic hydroxyl groups is 2. The van der Waals surface area contributed by atoms with Crippen LogP contribution in [0.15, 0.2) is 70.2 Å². The number of aliphatic hydroxyl groups excluding tert-OH is 2. The Hall–Kier alpha value is -3.19. The molecule has 0 saturated carbocycles. The highest BCUT2D eigenvalue weighted by Crippen LogP contribution is 2.28. The molecule has 0 aliphatic carbocycles. The number of rotatable bonds is 9. The molecule has 2 aromatic carbocycles. The van der Waals surface area contributed by atoms with Crippen LogP contribution < -0.4 is 9.47 Å². The van der Waals surface area contributed by atoms with Crippen LogP contribution in [0.4, 0.5) is 5.69 Å². The fraction of sp³-hybridized carbons (Fsp3) is 0.250. The number of azo groups is 1. The number of nitrogens with zero attached hydrogens (tertiary/aromatic N) is 2. The maximum atomic E-state index is 11.9. The standard InChI is InChI=1S/C20H22N2O5/c1-14(24)20(17(25)13-15-7-3-5-9-18(15)26-2)22-21-16-8-4-6-10-19(16)27-12-11-23/h3-10,23,25H,11-13H2,1-2H3. The Morgan fingerprint density at radius 1 is 1.07 bits per heavy atom.